The summed E-state index contributed by atoms with van der Waals surface area (Å²) in [6.45, 7) is 1.46. The molecule has 1 aromatic rings. The molecule has 0 aliphatic heterocycles. The van der Waals surface area contributed by atoms with Crippen LogP contribution in [0.15, 0.2) is 15.9 Å². The minimum absolute atomic E-state index is 0.0657. The maximum Gasteiger partial charge on any atom is 0.255 e. The first-order valence-electron chi connectivity index (χ1n) is 2.74. The number of rotatable bonds is 2. The van der Waals surface area contributed by atoms with Crippen LogP contribution in [0, 0.1) is 0 Å². The van der Waals surface area contributed by atoms with Crippen molar-refractivity contribution in [2.24, 2.45) is 0 Å². The van der Waals surface area contributed by atoms with Crippen LogP contribution >= 0.6 is 11.8 Å². The van der Waals surface area contributed by atoms with Crippen LogP contribution in [0.4, 0.5) is 0 Å². The fourth-order valence-corrected chi connectivity index (χ4v) is 0.847. The van der Waals surface area contributed by atoms with E-state index < -0.39 is 0 Å². The number of aromatic nitrogens is 1. The molecule has 0 saturated heterocycles. The Balaban J connectivity index is 2.88. The maximum atomic E-state index is 10.6. The number of Topliss-reactive ketones (excluding diaryl/α,β-unsaturated/α-hetero) is 1. The summed E-state index contributed by atoms with van der Waals surface area (Å²) >= 11 is 1.38. The lowest BCUT2D eigenvalue weighted by Crippen LogP contribution is -1.90. The Morgan fingerprint density at radius 1 is 1.80 bits per heavy atom. The Morgan fingerprint density at radius 3 is 2.80 bits per heavy atom. The molecule has 0 fully saturated rings. The van der Waals surface area contributed by atoms with Crippen LogP contribution in [0.1, 0.15) is 17.4 Å². The molecule has 0 amide bonds. The lowest BCUT2D eigenvalue weighted by Gasteiger charge is -1.80. The SMILES string of the molecule is CSc1nc(C(C)=O)co1. The molecule has 0 aliphatic rings. The minimum atomic E-state index is -0.0657. The Hall–Kier alpha value is -0.770. The smallest absolute Gasteiger partial charge is 0.255 e. The molecule has 0 radical (unpaired) electrons. The monoisotopic (exact) mass is 157 g/mol. The van der Waals surface area contributed by atoms with E-state index in [4.69, 9.17) is 4.42 Å². The normalized spacial score (nSPS) is 9.80. The highest BCUT2D eigenvalue weighted by Crippen LogP contribution is 2.12. The summed E-state index contributed by atoms with van der Waals surface area (Å²) in [5.74, 6) is -0.0657. The molecular formula is C6H7NO2S. The van der Waals surface area contributed by atoms with E-state index >= 15 is 0 Å². The summed E-state index contributed by atoms with van der Waals surface area (Å²) < 4.78 is 4.91. The lowest BCUT2D eigenvalue weighted by molar-refractivity contribution is 0.101. The van der Waals surface area contributed by atoms with Crippen LogP contribution in [0.25, 0.3) is 0 Å². The van der Waals surface area contributed by atoms with E-state index in [0.717, 1.165) is 0 Å². The first kappa shape index (κ1) is 7.34. The first-order chi connectivity index (χ1) is 4.74. The number of hydrogen-bond donors (Lipinski definition) is 0. The number of nitrogens with zero attached hydrogens (tertiary/aromatic N) is 1. The quantitative estimate of drug-likeness (QED) is 0.483. The van der Waals surface area contributed by atoms with Crippen LogP contribution < -0.4 is 0 Å². The van der Waals surface area contributed by atoms with Crippen molar-refractivity contribution < 1.29 is 9.21 Å². The lowest BCUT2D eigenvalue weighted by atomic mass is 10.4. The van der Waals surface area contributed by atoms with Crippen molar-refractivity contribution in [2.75, 3.05) is 6.26 Å². The summed E-state index contributed by atoms with van der Waals surface area (Å²) in [4.78, 5) is 14.5. The first-order valence-corrected chi connectivity index (χ1v) is 3.97. The second-order valence-electron chi connectivity index (χ2n) is 1.76. The van der Waals surface area contributed by atoms with Gasteiger partial charge in [-0.3, -0.25) is 4.79 Å². The summed E-state index contributed by atoms with van der Waals surface area (Å²) in [5, 5.41) is 0.533. The standard InChI is InChI=1S/C6H7NO2S/c1-4(8)5-3-9-6(7-5)10-2/h3H,1-2H3. The molecule has 0 atom stereocenters. The molecule has 0 spiro atoms. The van der Waals surface area contributed by atoms with E-state index in [1.807, 2.05) is 6.26 Å². The minimum Gasteiger partial charge on any atom is -0.439 e. The van der Waals surface area contributed by atoms with Crippen molar-refractivity contribution in [2.45, 2.75) is 12.1 Å². The molecule has 0 aliphatic carbocycles. The maximum absolute atomic E-state index is 10.6. The second-order valence-corrected chi connectivity index (χ2v) is 2.52. The van der Waals surface area contributed by atoms with Gasteiger partial charge in [0, 0.05) is 6.92 Å². The van der Waals surface area contributed by atoms with E-state index in [0.29, 0.717) is 10.9 Å². The molecule has 0 saturated carbocycles. The summed E-state index contributed by atoms with van der Waals surface area (Å²) in [5.41, 5.74) is 0.393. The Kier molecular flexibility index (Phi) is 2.11. The topological polar surface area (TPSA) is 43.1 Å². The van der Waals surface area contributed by atoms with Gasteiger partial charge < -0.3 is 4.42 Å². The van der Waals surface area contributed by atoms with Gasteiger partial charge in [0.1, 0.15) is 12.0 Å². The van der Waals surface area contributed by atoms with Gasteiger partial charge in [-0.25, -0.2) is 4.98 Å². The molecule has 3 nitrogen and oxygen atoms in total. The van der Waals surface area contributed by atoms with Crippen molar-refractivity contribution in [3.63, 3.8) is 0 Å². The van der Waals surface area contributed by atoms with E-state index in [-0.39, 0.29) is 5.78 Å². The van der Waals surface area contributed by atoms with Crippen LogP contribution in [0.3, 0.4) is 0 Å². The Labute approximate surface area is 62.8 Å². The number of carbonyl (C=O) groups is 1. The molecule has 10 heavy (non-hydrogen) atoms. The van der Waals surface area contributed by atoms with Crippen LogP contribution in [0.2, 0.25) is 0 Å². The predicted molar refractivity (Wildman–Crippen MR) is 38.3 cm³/mol. The van der Waals surface area contributed by atoms with Gasteiger partial charge in [-0.15, -0.1) is 0 Å². The van der Waals surface area contributed by atoms with E-state index in [2.05, 4.69) is 4.98 Å². The van der Waals surface area contributed by atoms with Crippen molar-refractivity contribution in [3.05, 3.63) is 12.0 Å². The summed E-state index contributed by atoms with van der Waals surface area (Å²) in [7, 11) is 0. The largest absolute Gasteiger partial charge is 0.439 e. The molecule has 54 valence electrons. The highest BCUT2D eigenvalue weighted by atomic mass is 32.2. The van der Waals surface area contributed by atoms with Gasteiger partial charge in [0.2, 0.25) is 0 Å². The number of oxazole rings is 1. The highest BCUT2D eigenvalue weighted by Gasteiger charge is 2.05. The van der Waals surface area contributed by atoms with Gasteiger partial charge >= 0.3 is 0 Å². The van der Waals surface area contributed by atoms with Crippen molar-refractivity contribution in [1.29, 1.82) is 0 Å². The summed E-state index contributed by atoms with van der Waals surface area (Å²) in [6, 6.07) is 0. The third kappa shape index (κ3) is 1.39. The van der Waals surface area contributed by atoms with Crippen LogP contribution in [-0.2, 0) is 0 Å². The number of carbonyl (C=O) groups excluding carboxylic acids is 1. The van der Waals surface area contributed by atoms with E-state index in [9.17, 15) is 4.79 Å². The van der Waals surface area contributed by atoms with E-state index in [1.54, 1.807) is 0 Å². The average Bonchev–Trinajstić information content (AvgIpc) is 2.34. The number of hydrogen-bond acceptors (Lipinski definition) is 4. The number of thioether (sulfide) groups is 1. The predicted octanol–water partition coefficient (Wildman–Crippen LogP) is 1.60. The van der Waals surface area contributed by atoms with Crippen LogP contribution in [0.5, 0.6) is 0 Å². The van der Waals surface area contributed by atoms with Gasteiger partial charge in [-0.2, -0.15) is 0 Å². The van der Waals surface area contributed by atoms with E-state index in [1.165, 1.54) is 24.9 Å². The average molecular weight is 157 g/mol. The third-order valence-corrected chi connectivity index (χ3v) is 1.56. The van der Waals surface area contributed by atoms with Crippen molar-refractivity contribution >= 4 is 17.5 Å². The fraction of sp³-hybridized carbons (Fsp3) is 0.333. The molecule has 0 unspecified atom stereocenters. The Bertz CT molecular complexity index is 244. The van der Waals surface area contributed by atoms with Gasteiger partial charge in [-0.1, -0.05) is 11.8 Å². The van der Waals surface area contributed by atoms with Crippen molar-refractivity contribution in [1.82, 2.24) is 4.98 Å². The zero-order chi connectivity index (χ0) is 7.56. The molecule has 1 aromatic heterocycles. The van der Waals surface area contributed by atoms with Gasteiger partial charge in [0.05, 0.1) is 0 Å². The zero-order valence-corrected chi connectivity index (χ0v) is 6.57. The van der Waals surface area contributed by atoms with Gasteiger partial charge in [-0.05, 0) is 6.26 Å². The second kappa shape index (κ2) is 2.88. The number of ketones is 1. The molecular weight excluding hydrogens is 150 g/mol. The zero-order valence-electron chi connectivity index (χ0n) is 5.75. The third-order valence-electron chi connectivity index (χ3n) is 1.02. The molecule has 0 aromatic carbocycles. The highest BCUT2D eigenvalue weighted by molar-refractivity contribution is 7.98. The molecule has 0 bridgehead atoms. The van der Waals surface area contributed by atoms with Gasteiger partial charge in [0.15, 0.2) is 5.78 Å². The van der Waals surface area contributed by atoms with Crippen LogP contribution in [-0.4, -0.2) is 17.0 Å². The summed E-state index contributed by atoms with van der Waals surface area (Å²) in [6.07, 6.45) is 3.21. The van der Waals surface area contributed by atoms with Crippen molar-refractivity contribution in [3.8, 4) is 0 Å². The Morgan fingerprint density at radius 2 is 2.50 bits per heavy atom. The molecule has 4 heteroatoms. The molecule has 1 heterocycles. The molecule has 0 N–H and O–H groups in total. The molecule has 1 rings (SSSR count). The fourth-order valence-electron chi connectivity index (χ4n) is 0.513. The van der Waals surface area contributed by atoms with Gasteiger partial charge in [0.25, 0.3) is 5.22 Å².